The van der Waals surface area contributed by atoms with Crippen molar-refractivity contribution in [2.75, 3.05) is 33.8 Å². The van der Waals surface area contributed by atoms with Crippen LogP contribution in [0.15, 0.2) is 30.3 Å². The predicted molar refractivity (Wildman–Crippen MR) is 112 cm³/mol. The zero-order valence-corrected chi connectivity index (χ0v) is 17.9. The van der Waals surface area contributed by atoms with E-state index >= 15 is 0 Å². The van der Waals surface area contributed by atoms with Gasteiger partial charge in [0.2, 0.25) is 5.91 Å². The Morgan fingerprint density at radius 3 is 2.55 bits per heavy atom. The van der Waals surface area contributed by atoms with Gasteiger partial charge < -0.3 is 20.3 Å². The van der Waals surface area contributed by atoms with Gasteiger partial charge in [0.05, 0.1) is 6.10 Å². The molecule has 0 spiro atoms. The van der Waals surface area contributed by atoms with Gasteiger partial charge in [0.15, 0.2) is 5.78 Å². The van der Waals surface area contributed by atoms with E-state index in [4.69, 9.17) is 4.74 Å². The Morgan fingerprint density at radius 2 is 1.90 bits per heavy atom. The van der Waals surface area contributed by atoms with Crippen molar-refractivity contribution in [1.29, 1.82) is 0 Å². The van der Waals surface area contributed by atoms with Crippen molar-refractivity contribution in [1.82, 2.24) is 15.5 Å². The van der Waals surface area contributed by atoms with Gasteiger partial charge in [0.25, 0.3) is 5.91 Å². The first-order valence-corrected chi connectivity index (χ1v) is 10.1. The van der Waals surface area contributed by atoms with Crippen LogP contribution in [0.1, 0.15) is 43.5 Å². The molecular formula is C22H33N3O4. The highest BCUT2D eigenvalue weighted by Crippen LogP contribution is 2.25. The van der Waals surface area contributed by atoms with Crippen LogP contribution in [0.3, 0.4) is 0 Å². The van der Waals surface area contributed by atoms with E-state index in [1.165, 1.54) is 0 Å². The molecule has 2 N–H and O–H groups in total. The van der Waals surface area contributed by atoms with Crippen molar-refractivity contribution >= 4 is 17.6 Å². The lowest BCUT2D eigenvalue weighted by Gasteiger charge is -2.26. The van der Waals surface area contributed by atoms with Gasteiger partial charge in [-0.25, -0.2) is 0 Å². The number of nitrogens with zero attached hydrogens (tertiary/aromatic N) is 1. The molecule has 1 aliphatic rings. The molecule has 29 heavy (non-hydrogen) atoms. The molecule has 2 rings (SSSR count). The lowest BCUT2D eigenvalue weighted by atomic mass is 9.85. The summed E-state index contributed by atoms with van der Waals surface area (Å²) in [4.78, 5) is 38.8. The smallest absolute Gasteiger partial charge is 0.251 e. The molecule has 2 atom stereocenters. The van der Waals surface area contributed by atoms with Gasteiger partial charge in [0, 0.05) is 25.1 Å². The Hall–Kier alpha value is -2.25. The van der Waals surface area contributed by atoms with Gasteiger partial charge in [-0.05, 0) is 44.5 Å². The van der Waals surface area contributed by atoms with E-state index in [2.05, 4.69) is 10.6 Å². The van der Waals surface area contributed by atoms with E-state index in [1.807, 2.05) is 51.0 Å². The Kier molecular flexibility index (Phi) is 8.34. The average Bonchev–Trinajstić information content (AvgIpc) is 2.99. The summed E-state index contributed by atoms with van der Waals surface area (Å²) in [5.41, 5.74) is 0.307. The van der Waals surface area contributed by atoms with Gasteiger partial charge in [-0.2, -0.15) is 0 Å². The van der Waals surface area contributed by atoms with Crippen LogP contribution < -0.4 is 10.6 Å². The summed E-state index contributed by atoms with van der Waals surface area (Å²) in [6, 6.07) is 8.47. The van der Waals surface area contributed by atoms with Gasteiger partial charge in [-0.1, -0.05) is 32.0 Å². The molecule has 0 bridgehead atoms. The molecule has 1 aliphatic heterocycles. The summed E-state index contributed by atoms with van der Waals surface area (Å²) in [6.45, 7) is 5.29. The highest BCUT2D eigenvalue weighted by Gasteiger charge is 2.37. The fourth-order valence-corrected chi connectivity index (χ4v) is 3.34. The summed E-state index contributed by atoms with van der Waals surface area (Å²) >= 11 is 0. The minimum absolute atomic E-state index is 0.0535. The molecule has 7 nitrogen and oxygen atoms in total. The molecule has 7 heteroatoms. The lowest BCUT2D eigenvalue weighted by molar-refractivity contribution is -0.127. The second-order valence-corrected chi connectivity index (χ2v) is 8.67. The van der Waals surface area contributed by atoms with E-state index in [0.717, 1.165) is 6.54 Å². The number of amides is 2. The maximum absolute atomic E-state index is 12.5. The Morgan fingerprint density at radius 1 is 1.21 bits per heavy atom. The molecule has 0 radical (unpaired) electrons. The van der Waals surface area contributed by atoms with Crippen LogP contribution in [0.4, 0.5) is 0 Å². The van der Waals surface area contributed by atoms with Gasteiger partial charge in [-0.3, -0.25) is 14.4 Å². The standard InChI is InChI=1S/C22H33N3O4/c1-22(2,11-12-23-21(28)16-8-6-5-7-9-16)14-19(27)24-20-17(26)15-29-18(20)10-13-25(3)4/h5-9,18,20H,10-15H2,1-4H3,(H,23,28)(H,24,27). The fourth-order valence-electron chi connectivity index (χ4n) is 3.34. The van der Waals surface area contributed by atoms with Crippen molar-refractivity contribution in [3.63, 3.8) is 0 Å². The van der Waals surface area contributed by atoms with Crippen molar-refractivity contribution in [3.05, 3.63) is 35.9 Å². The molecule has 2 amide bonds. The summed E-state index contributed by atoms with van der Waals surface area (Å²) < 4.78 is 5.55. The molecule has 1 aromatic carbocycles. The minimum atomic E-state index is -0.573. The van der Waals surface area contributed by atoms with E-state index in [-0.39, 0.29) is 42.1 Å². The molecule has 0 aliphatic carbocycles. The summed E-state index contributed by atoms with van der Waals surface area (Å²) in [7, 11) is 3.92. The topological polar surface area (TPSA) is 87.7 Å². The lowest BCUT2D eigenvalue weighted by Crippen LogP contribution is -2.46. The van der Waals surface area contributed by atoms with E-state index in [1.54, 1.807) is 12.1 Å². The van der Waals surface area contributed by atoms with Gasteiger partial charge in [0.1, 0.15) is 12.6 Å². The second kappa shape index (κ2) is 10.5. The second-order valence-electron chi connectivity index (χ2n) is 8.67. The normalized spacial score (nSPS) is 19.4. The van der Waals surface area contributed by atoms with Crippen LogP contribution >= 0.6 is 0 Å². The largest absolute Gasteiger partial charge is 0.368 e. The number of carbonyl (C=O) groups is 3. The van der Waals surface area contributed by atoms with Crippen molar-refractivity contribution in [3.8, 4) is 0 Å². The fraction of sp³-hybridized carbons (Fsp3) is 0.591. The first-order valence-electron chi connectivity index (χ1n) is 10.1. The maximum atomic E-state index is 12.5. The molecule has 2 unspecified atom stereocenters. The number of benzene rings is 1. The molecular weight excluding hydrogens is 370 g/mol. The first-order chi connectivity index (χ1) is 13.7. The molecule has 0 saturated carbocycles. The Balaban J connectivity index is 1.78. The van der Waals surface area contributed by atoms with Crippen molar-refractivity contribution in [2.24, 2.45) is 5.41 Å². The molecule has 1 fully saturated rings. The van der Waals surface area contributed by atoms with Crippen LogP contribution in [0.2, 0.25) is 0 Å². The number of ether oxygens (including phenoxy) is 1. The van der Waals surface area contributed by atoms with Crippen LogP contribution in [0.5, 0.6) is 0 Å². The number of hydrogen-bond acceptors (Lipinski definition) is 5. The van der Waals surface area contributed by atoms with E-state index in [0.29, 0.717) is 24.9 Å². The van der Waals surface area contributed by atoms with Crippen LogP contribution in [-0.4, -0.2) is 68.4 Å². The predicted octanol–water partition coefficient (Wildman–Crippen LogP) is 1.63. The Labute approximate surface area is 173 Å². The highest BCUT2D eigenvalue weighted by atomic mass is 16.5. The molecule has 1 saturated heterocycles. The third kappa shape index (κ3) is 7.59. The molecule has 160 valence electrons. The number of carbonyl (C=O) groups excluding carboxylic acids is 3. The maximum Gasteiger partial charge on any atom is 0.251 e. The number of rotatable bonds is 10. The number of hydrogen-bond donors (Lipinski definition) is 2. The van der Waals surface area contributed by atoms with Gasteiger partial charge in [-0.15, -0.1) is 0 Å². The number of Topliss-reactive ketones (excluding diaryl/α,β-unsaturated/α-hetero) is 1. The van der Waals surface area contributed by atoms with Gasteiger partial charge >= 0.3 is 0 Å². The third-order valence-electron chi connectivity index (χ3n) is 5.10. The SMILES string of the molecule is CN(C)CCC1OCC(=O)C1NC(=O)CC(C)(C)CCNC(=O)c1ccccc1. The third-order valence-corrected chi connectivity index (χ3v) is 5.10. The van der Waals surface area contributed by atoms with E-state index in [9.17, 15) is 14.4 Å². The number of nitrogens with one attached hydrogen (secondary N) is 2. The monoisotopic (exact) mass is 403 g/mol. The zero-order chi connectivity index (χ0) is 21.4. The molecule has 0 aromatic heterocycles. The van der Waals surface area contributed by atoms with Crippen LogP contribution in [-0.2, 0) is 14.3 Å². The molecule has 1 aromatic rings. The minimum Gasteiger partial charge on any atom is -0.368 e. The quantitative estimate of drug-likeness (QED) is 0.620. The highest BCUT2D eigenvalue weighted by molar-refractivity contribution is 5.94. The average molecular weight is 404 g/mol. The number of ketones is 1. The van der Waals surface area contributed by atoms with Crippen molar-refractivity contribution < 1.29 is 19.1 Å². The summed E-state index contributed by atoms with van der Waals surface area (Å²) in [6.07, 6.45) is 1.34. The van der Waals surface area contributed by atoms with Crippen molar-refractivity contribution in [2.45, 2.75) is 45.3 Å². The zero-order valence-electron chi connectivity index (χ0n) is 17.9. The Bertz CT molecular complexity index is 703. The summed E-state index contributed by atoms with van der Waals surface area (Å²) in [5, 5.41) is 5.76. The summed E-state index contributed by atoms with van der Waals surface area (Å²) in [5.74, 6) is -0.360. The first kappa shape index (κ1) is 23.0. The van der Waals surface area contributed by atoms with Crippen LogP contribution in [0.25, 0.3) is 0 Å². The van der Waals surface area contributed by atoms with E-state index < -0.39 is 6.04 Å². The molecule has 1 heterocycles. The van der Waals surface area contributed by atoms with Crippen LogP contribution in [0, 0.1) is 5.41 Å².